The summed E-state index contributed by atoms with van der Waals surface area (Å²) in [4.78, 5) is 26.4. The molecule has 1 aliphatic rings. The average Bonchev–Trinajstić information content (AvgIpc) is 2.71. The monoisotopic (exact) mass is 390 g/mol. The second-order valence-corrected chi connectivity index (χ2v) is 6.84. The number of halogens is 1. The van der Waals surface area contributed by atoms with Gasteiger partial charge in [-0.2, -0.15) is 9.78 Å². The summed E-state index contributed by atoms with van der Waals surface area (Å²) in [5.41, 5.74) is 0.830. The first-order valence-corrected chi connectivity index (χ1v) is 9.34. The Balaban J connectivity index is 1.63. The minimum absolute atomic E-state index is 0.112. The van der Waals surface area contributed by atoms with Crippen molar-refractivity contribution in [2.75, 3.05) is 32.1 Å². The Morgan fingerprint density at radius 2 is 2.00 bits per heavy atom. The Morgan fingerprint density at radius 1 is 1.30 bits per heavy atom. The summed E-state index contributed by atoms with van der Waals surface area (Å²) in [7, 11) is 1.59. The number of piperidine rings is 1. The number of hydrogen-bond acceptors (Lipinski definition) is 5. The Hall–Kier alpha value is -2.38. The van der Waals surface area contributed by atoms with Gasteiger partial charge in [0.1, 0.15) is 5.02 Å². The third kappa shape index (κ3) is 4.67. The summed E-state index contributed by atoms with van der Waals surface area (Å²) in [6, 6.07) is 9.29. The largest absolute Gasteiger partial charge is 0.384 e. The molecule has 0 aliphatic carbocycles. The lowest BCUT2D eigenvalue weighted by Crippen LogP contribution is -2.42. The molecule has 1 saturated heterocycles. The van der Waals surface area contributed by atoms with E-state index in [1.807, 2.05) is 23.1 Å². The van der Waals surface area contributed by atoms with E-state index >= 15 is 0 Å². The molecule has 0 bridgehead atoms. The molecule has 7 nitrogen and oxygen atoms in total. The van der Waals surface area contributed by atoms with Gasteiger partial charge < -0.3 is 15.0 Å². The van der Waals surface area contributed by atoms with E-state index in [0.29, 0.717) is 37.5 Å². The lowest BCUT2D eigenvalue weighted by molar-refractivity contribution is -0.133. The Morgan fingerprint density at radius 3 is 2.67 bits per heavy atom. The van der Waals surface area contributed by atoms with E-state index in [1.165, 1.54) is 4.68 Å². The fraction of sp³-hybridized carbons (Fsp3) is 0.421. The molecule has 1 amide bonds. The van der Waals surface area contributed by atoms with Crippen molar-refractivity contribution in [3.05, 3.63) is 51.9 Å². The third-order valence-electron chi connectivity index (χ3n) is 4.65. The van der Waals surface area contributed by atoms with Crippen LogP contribution in [0, 0.1) is 0 Å². The van der Waals surface area contributed by atoms with Crippen molar-refractivity contribution in [3.8, 4) is 5.69 Å². The molecule has 27 heavy (non-hydrogen) atoms. The van der Waals surface area contributed by atoms with Gasteiger partial charge in [0.05, 0.1) is 30.6 Å². The maximum absolute atomic E-state index is 12.5. The minimum atomic E-state index is -0.361. The van der Waals surface area contributed by atoms with Crippen LogP contribution in [-0.2, 0) is 9.53 Å². The van der Waals surface area contributed by atoms with Crippen LogP contribution in [0.1, 0.15) is 19.3 Å². The summed E-state index contributed by atoms with van der Waals surface area (Å²) in [5.74, 6) is 0.112. The lowest BCUT2D eigenvalue weighted by atomic mass is 10.0. The Kier molecular flexibility index (Phi) is 6.47. The number of rotatable bonds is 6. The Bertz CT molecular complexity index is 833. The molecular formula is C19H23ClN4O3. The number of nitrogens with one attached hydrogen (secondary N) is 1. The molecule has 8 heteroatoms. The van der Waals surface area contributed by atoms with Crippen LogP contribution in [0.5, 0.6) is 0 Å². The molecule has 2 heterocycles. The molecule has 1 aromatic heterocycles. The zero-order valence-electron chi connectivity index (χ0n) is 15.2. The molecule has 0 spiro atoms. The van der Waals surface area contributed by atoms with Gasteiger partial charge in [-0.05, 0) is 25.0 Å². The van der Waals surface area contributed by atoms with Crippen molar-refractivity contribution < 1.29 is 9.53 Å². The highest BCUT2D eigenvalue weighted by atomic mass is 35.5. The van der Waals surface area contributed by atoms with Crippen LogP contribution < -0.4 is 10.9 Å². The van der Waals surface area contributed by atoms with Crippen molar-refractivity contribution >= 4 is 23.2 Å². The molecule has 0 saturated carbocycles. The number of hydrogen-bond donors (Lipinski definition) is 1. The second kappa shape index (κ2) is 9.01. The smallest absolute Gasteiger partial charge is 0.292 e. The molecule has 2 aromatic rings. The topological polar surface area (TPSA) is 76.5 Å². The number of para-hydroxylation sites is 1. The normalized spacial score (nSPS) is 15.0. The van der Waals surface area contributed by atoms with Crippen LogP contribution in [0.25, 0.3) is 5.69 Å². The van der Waals surface area contributed by atoms with Crippen molar-refractivity contribution in [2.24, 2.45) is 0 Å². The number of aromatic nitrogens is 2. The molecule has 0 unspecified atom stereocenters. The first kappa shape index (κ1) is 19.4. The second-order valence-electron chi connectivity index (χ2n) is 6.47. The van der Waals surface area contributed by atoms with Gasteiger partial charge in [0.25, 0.3) is 5.56 Å². The van der Waals surface area contributed by atoms with Gasteiger partial charge in [0, 0.05) is 26.2 Å². The number of anilines is 1. The van der Waals surface area contributed by atoms with Crippen LogP contribution in [-0.4, -0.2) is 53.4 Å². The van der Waals surface area contributed by atoms with Gasteiger partial charge in [-0.25, -0.2) is 0 Å². The van der Waals surface area contributed by atoms with Crippen LogP contribution in [0.15, 0.2) is 41.3 Å². The number of amides is 1. The van der Waals surface area contributed by atoms with E-state index in [0.717, 1.165) is 12.8 Å². The molecule has 1 fully saturated rings. The third-order valence-corrected chi connectivity index (χ3v) is 5.01. The predicted octanol–water partition coefficient (Wildman–Crippen LogP) is 2.33. The van der Waals surface area contributed by atoms with Gasteiger partial charge >= 0.3 is 0 Å². The maximum Gasteiger partial charge on any atom is 0.292 e. The van der Waals surface area contributed by atoms with Crippen LogP contribution in [0.3, 0.4) is 0 Å². The average molecular weight is 391 g/mol. The number of carbonyl (C=O) groups excluding carboxylic acids is 1. The fourth-order valence-electron chi connectivity index (χ4n) is 3.13. The molecule has 0 radical (unpaired) electrons. The van der Waals surface area contributed by atoms with Gasteiger partial charge in [0.2, 0.25) is 5.91 Å². The molecule has 1 aromatic carbocycles. The lowest BCUT2D eigenvalue weighted by Gasteiger charge is -2.33. The summed E-state index contributed by atoms with van der Waals surface area (Å²) in [5, 5.41) is 7.65. The standard InChI is InChI=1S/C19H23ClN4O3/c1-27-12-9-17(25)23-10-7-14(8-11-23)22-16-13-21-24(19(26)18(16)20)15-5-3-2-4-6-15/h2-6,13-14,22H,7-12H2,1H3. The van der Waals surface area contributed by atoms with Gasteiger partial charge in [-0.3, -0.25) is 9.59 Å². The highest BCUT2D eigenvalue weighted by Crippen LogP contribution is 2.21. The number of ether oxygens (including phenoxy) is 1. The molecule has 0 atom stereocenters. The summed E-state index contributed by atoms with van der Waals surface area (Å²) in [6.07, 6.45) is 3.56. The first-order valence-electron chi connectivity index (χ1n) is 8.96. The van der Waals surface area contributed by atoms with E-state index < -0.39 is 0 Å². The fourth-order valence-corrected chi connectivity index (χ4v) is 3.31. The van der Waals surface area contributed by atoms with E-state index in [4.69, 9.17) is 16.3 Å². The van der Waals surface area contributed by atoms with Gasteiger partial charge in [0.15, 0.2) is 0 Å². The zero-order valence-corrected chi connectivity index (χ0v) is 16.0. The van der Waals surface area contributed by atoms with E-state index in [2.05, 4.69) is 10.4 Å². The SMILES string of the molecule is COCCC(=O)N1CCC(Nc2cnn(-c3ccccc3)c(=O)c2Cl)CC1. The number of nitrogens with zero attached hydrogens (tertiary/aromatic N) is 3. The summed E-state index contributed by atoms with van der Waals surface area (Å²) < 4.78 is 6.24. The number of likely N-dealkylation sites (tertiary alicyclic amines) is 1. The van der Waals surface area contributed by atoms with Gasteiger partial charge in [-0.15, -0.1) is 0 Å². The van der Waals surface area contributed by atoms with Crippen molar-refractivity contribution in [1.29, 1.82) is 0 Å². The summed E-state index contributed by atoms with van der Waals surface area (Å²) in [6.45, 7) is 1.79. The van der Waals surface area contributed by atoms with Gasteiger partial charge in [-0.1, -0.05) is 29.8 Å². The Labute approximate surface area is 162 Å². The quantitative estimate of drug-likeness (QED) is 0.819. The van der Waals surface area contributed by atoms with Crippen molar-refractivity contribution in [1.82, 2.24) is 14.7 Å². The van der Waals surface area contributed by atoms with Crippen molar-refractivity contribution in [2.45, 2.75) is 25.3 Å². The highest BCUT2D eigenvalue weighted by molar-refractivity contribution is 6.33. The molecule has 3 rings (SSSR count). The van der Waals surface area contributed by atoms with E-state index in [9.17, 15) is 9.59 Å². The predicted molar refractivity (Wildman–Crippen MR) is 105 cm³/mol. The molecule has 1 N–H and O–H groups in total. The van der Waals surface area contributed by atoms with Crippen LogP contribution in [0.2, 0.25) is 5.02 Å². The number of carbonyl (C=O) groups is 1. The van der Waals surface area contributed by atoms with Crippen molar-refractivity contribution in [3.63, 3.8) is 0 Å². The maximum atomic E-state index is 12.5. The number of benzene rings is 1. The van der Waals surface area contributed by atoms with E-state index in [1.54, 1.807) is 25.4 Å². The van der Waals surface area contributed by atoms with E-state index in [-0.39, 0.29) is 22.5 Å². The minimum Gasteiger partial charge on any atom is -0.384 e. The summed E-state index contributed by atoms with van der Waals surface area (Å²) >= 11 is 6.29. The zero-order chi connectivity index (χ0) is 19.2. The molecular weight excluding hydrogens is 368 g/mol. The molecule has 144 valence electrons. The molecule has 1 aliphatic heterocycles. The van der Waals surface area contributed by atoms with Crippen LogP contribution >= 0.6 is 11.6 Å². The highest BCUT2D eigenvalue weighted by Gasteiger charge is 2.23. The number of methoxy groups -OCH3 is 1. The first-order chi connectivity index (χ1) is 13.1. The van der Waals surface area contributed by atoms with Crippen LogP contribution in [0.4, 0.5) is 5.69 Å².